The van der Waals surface area contributed by atoms with Crippen LogP contribution < -0.4 is 5.32 Å². The SMILES string of the molecule is CC(C)(C)OC(=O)N[C@]1(C=O)CC[C@@H](S(C)(=O)=O)C1. The average molecular weight is 291 g/mol. The zero-order valence-corrected chi connectivity index (χ0v) is 12.5. The number of alkyl carbamates (subject to hydrolysis) is 1. The van der Waals surface area contributed by atoms with Gasteiger partial charge in [0.15, 0.2) is 0 Å². The zero-order valence-electron chi connectivity index (χ0n) is 11.7. The lowest BCUT2D eigenvalue weighted by atomic mass is 10.0. The standard InChI is InChI=1S/C12H21NO5S/c1-11(2,3)18-10(15)13-12(8-14)6-5-9(7-12)19(4,16)17/h8-9H,5-7H2,1-4H3,(H,13,15)/t9-,12-/m1/s1. The van der Waals surface area contributed by atoms with E-state index in [-0.39, 0.29) is 6.42 Å². The van der Waals surface area contributed by atoms with E-state index in [0.717, 1.165) is 6.26 Å². The Morgan fingerprint density at radius 3 is 2.37 bits per heavy atom. The van der Waals surface area contributed by atoms with Crippen LogP contribution in [0.25, 0.3) is 0 Å². The number of carbonyl (C=O) groups excluding carboxylic acids is 2. The molecule has 0 aromatic heterocycles. The van der Waals surface area contributed by atoms with Crippen molar-refractivity contribution < 1.29 is 22.7 Å². The largest absolute Gasteiger partial charge is 0.444 e. The highest BCUT2D eigenvalue weighted by Crippen LogP contribution is 2.32. The summed E-state index contributed by atoms with van der Waals surface area (Å²) in [5, 5.41) is 1.92. The molecule has 19 heavy (non-hydrogen) atoms. The summed E-state index contributed by atoms with van der Waals surface area (Å²) < 4.78 is 28.1. The summed E-state index contributed by atoms with van der Waals surface area (Å²) in [6, 6.07) is 0. The molecule has 6 nitrogen and oxygen atoms in total. The predicted octanol–water partition coefficient (Wildman–Crippen LogP) is 1.05. The molecule has 0 saturated heterocycles. The molecule has 0 unspecified atom stereocenters. The van der Waals surface area contributed by atoms with Crippen molar-refractivity contribution in [3.05, 3.63) is 0 Å². The number of hydrogen-bond donors (Lipinski definition) is 1. The number of ether oxygens (including phenoxy) is 1. The van der Waals surface area contributed by atoms with Crippen molar-refractivity contribution in [3.63, 3.8) is 0 Å². The van der Waals surface area contributed by atoms with Gasteiger partial charge in [-0.1, -0.05) is 0 Å². The molecule has 0 aliphatic heterocycles. The maximum absolute atomic E-state index is 11.7. The molecule has 1 saturated carbocycles. The second-order valence-electron chi connectivity index (χ2n) is 6.10. The Morgan fingerprint density at radius 2 is 2.00 bits per heavy atom. The van der Waals surface area contributed by atoms with Crippen LogP contribution in [0.2, 0.25) is 0 Å². The van der Waals surface area contributed by atoms with Crippen molar-refractivity contribution >= 4 is 22.2 Å². The molecule has 0 spiro atoms. The van der Waals surface area contributed by atoms with Gasteiger partial charge in [0.05, 0.1) is 5.25 Å². The first-order valence-electron chi connectivity index (χ1n) is 6.14. The number of amides is 1. The summed E-state index contributed by atoms with van der Waals surface area (Å²) in [6.45, 7) is 5.15. The molecule has 0 heterocycles. The summed E-state index contributed by atoms with van der Waals surface area (Å²) >= 11 is 0. The van der Waals surface area contributed by atoms with E-state index in [4.69, 9.17) is 4.74 Å². The molecule has 0 aromatic carbocycles. The van der Waals surface area contributed by atoms with Gasteiger partial charge in [-0.2, -0.15) is 0 Å². The average Bonchev–Trinajstić information content (AvgIpc) is 2.59. The van der Waals surface area contributed by atoms with Crippen LogP contribution in [0.5, 0.6) is 0 Å². The van der Waals surface area contributed by atoms with Gasteiger partial charge < -0.3 is 14.8 Å². The van der Waals surface area contributed by atoms with Gasteiger partial charge in [-0.15, -0.1) is 0 Å². The van der Waals surface area contributed by atoms with Gasteiger partial charge in [0.1, 0.15) is 27.3 Å². The van der Waals surface area contributed by atoms with Crippen molar-refractivity contribution in [1.29, 1.82) is 0 Å². The minimum Gasteiger partial charge on any atom is -0.444 e. The summed E-state index contributed by atoms with van der Waals surface area (Å²) in [7, 11) is -3.21. The fourth-order valence-corrected chi connectivity index (χ4v) is 3.30. The Morgan fingerprint density at radius 1 is 1.42 bits per heavy atom. The monoisotopic (exact) mass is 291 g/mol. The molecule has 110 valence electrons. The highest BCUT2D eigenvalue weighted by atomic mass is 32.2. The molecule has 0 radical (unpaired) electrons. The van der Waals surface area contributed by atoms with Gasteiger partial charge in [-0.05, 0) is 40.0 Å². The van der Waals surface area contributed by atoms with E-state index >= 15 is 0 Å². The second kappa shape index (κ2) is 5.11. The zero-order chi connectivity index (χ0) is 14.9. The quantitative estimate of drug-likeness (QED) is 0.785. The minimum absolute atomic E-state index is 0.106. The van der Waals surface area contributed by atoms with Gasteiger partial charge >= 0.3 is 6.09 Å². The molecule has 0 bridgehead atoms. The highest BCUT2D eigenvalue weighted by molar-refractivity contribution is 7.91. The Kier molecular flexibility index (Phi) is 4.29. The Bertz CT molecular complexity index is 465. The topological polar surface area (TPSA) is 89.5 Å². The van der Waals surface area contributed by atoms with E-state index in [9.17, 15) is 18.0 Å². The molecule has 1 fully saturated rings. The molecule has 1 rings (SSSR count). The molecular formula is C12H21NO5S. The first-order valence-corrected chi connectivity index (χ1v) is 8.09. The van der Waals surface area contributed by atoms with Gasteiger partial charge in [0.25, 0.3) is 0 Å². The number of nitrogens with one attached hydrogen (secondary N) is 1. The molecule has 1 amide bonds. The normalized spacial score (nSPS) is 27.9. The molecule has 1 aliphatic carbocycles. The molecule has 7 heteroatoms. The van der Waals surface area contributed by atoms with E-state index in [0.29, 0.717) is 19.1 Å². The van der Waals surface area contributed by atoms with E-state index in [2.05, 4.69) is 5.32 Å². The lowest BCUT2D eigenvalue weighted by Crippen LogP contribution is -2.50. The van der Waals surface area contributed by atoms with Crippen LogP contribution in [0.4, 0.5) is 4.79 Å². The van der Waals surface area contributed by atoms with Crippen molar-refractivity contribution in [2.45, 2.75) is 56.4 Å². The third kappa shape index (κ3) is 4.49. The highest BCUT2D eigenvalue weighted by Gasteiger charge is 2.44. The fourth-order valence-electron chi connectivity index (χ4n) is 2.15. The van der Waals surface area contributed by atoms with Crippen LogP contribution in [0.1, 0.15) is 40.0 Å². The lowest BCUT2D eigenvalue weighted by molar-refractivity contribution is -0.113. The van der Waals surface area contributed by atoms with Crippen LogP contribution >= 0.6 is 0 Å². The first kappa shape index (κ1) is 15.9. The molecule has 2 atom stereocenters. The number of carbonyl (C=O) groups is 2. The summed E-state index contributed by atoms with van der Waals surface area (Å²) in [5.74, 6) is 0. The van der Waals surface area contributed by atoms with Gasteiger partial charge in [-0.3, -0.25) is 0 Å². The van der Waals surface area contributed by atoms with Crippen molar-refractivity contribution in [2.24, 2.45) is 0 Å². The molecule has 1 aliphatic rings. The minimum atomic E-state index is -3.21. The Hall–Kier alpha value is -1.11. The number of rotatable bonds is 3. The summed E-state index contributed by atoms with van der Waals surface area (Å²) in [6.07, 6.45) is 1.84. The fraction of sp³-hybridized carbons (Fsp3) is 0.833. The van der Waals surface area contributed by atoms with Crippen molar-refractivity contribution in [3.8, 4) is 0 Å². The van der Waals surface area contributed by atoms with E-state index in [1.807, 2.05) is 0 Å². The maximum Gasteiger partial charge on any atom is 0.408 e. The van der Waals surface area contributed by atoms with Gasteiger partial charge in [0, 0.05) is 6.26 Å². The molecule has 1 N–H and O–H groups in total. The number of hydrogen-bond acceptors (Lipinski definition) is 5. The van der Waals surface area contributed by atoms with E-state index in [1.54, 1.807) is 20.8 Å². The van der Waals surface area contributed by atoms with Crippen LogP contribution in [0.3, 0.4) is 0 Å². The maximum atomic E-state index is 11.7. The first-order chi connectivity index (χ1) is 8.47. The van der Waals surface area contributed by atoms with Crippen LogP contribution in [-0.2, 0) is 19.4 Å². The Balaban J connectivity index is 2.75. The smallest absolute Gasteiger partial charge is 0.408 e. The second-order valence-corrected chi connectivity index (χ2v) is 8.42. The van der Waals surface area contributed by atoms with Crippen molar-refractivity contribution in [2.75, 3.05) is 6.26 Å². The van der Waals surface area contributed by atoms with Crippen molar-refractivity contribution in [1.82, 2.24) is 5.32 Å². The third-order valence-corrected chi connectivity index (χ3v) is 4.70. The molecular weight excluding hydrogens is 270 g/mol. The summed E-state index contributed by atoms with van der Waals surface area (Å²) in [5.41, 5.74) is -1.79. The Labute approximate surface area is 113 Å². The molecule has 0 aromatic rings. The third-order valence-electron chi connectivity index (χ3n) is 3.09. The van der Waals surface area contributed by atoms with Crippen LogP contribution in [-0.4, -0.2) is 43.4 Å². The van der Waals surface area contributed by atoms with Crippen LogP contribution in [0.15, 0.2) is 0 Å². The van der Waals surface area contributed by atoms with E-state index < -0.39 is 32.3 Å². The van der Waals surface area contributed by atoms with Gasteiger partial charge in [0.2, 0.25) is 0 Å². The summed E-state index contributed by atoms with van der Waals surface area (Å²) in [4.78, 5) is 22.9. The van der Waals surface area contributed by atoms with Crippen LogP contribution in [0, 0.1) is 0 Å². The number of aldehydes is 1. The lowest BCUT2D eigenvalue weighted by Gasteiger charge is -2.27. The number of sulfone groups is 1. The van der Waals surface area contributed by atoms with E-state index in [1.165, 1.54) is 0 Å². The van der Waals surface area contributed by atoms with Gasteiger partial charge in [-0.25, -0.2) is 13.2 Å². The predicted molar refractivity (Wildman–Crippen MR) is 70.6 cm³/mol.